The number of hydrogen-bond donors (Lipinski definition) is 0. The van der Waals surface area contributed by atoms with Crippen LogP contribution in [-0.4, -0.2) is 17.6 Å². The second-order valence-electron chi connectivity index (χ2n) is 4.21. The average Bonchev–Trinajstić information content (AvgIpc) is 2.84. The fourth-order valence-electron chi connectivity index (χ4n) is 2.51. The molecule has 0 aliphatic heterocycles. The van der Waals surface area contributed by atoms with Gasteiger partial charge in [-0.3, -0.25) is 0 Å². The molecule has 1 aromatic heterocycles. The molecule has 1 aromatic rings. The number of hydrogen-bond acceptors (Lipinski definition) is 3. The number of nitriles is 1. The van der Waals surface area contributed by atoms with Gasteiger partial charge in [0, 0.05) is 18.8 Å². The van der Waals surface area contributed by atoms with Gasteiger partial charge >= 0.3 is 0 Å². The minimum Gasteiger partial charge on any atom is -0.353 e. The molecule has 0 radical (unpaired) electrons. The zero-order valence-electron chi connectivity index (χ0n) is 9.69. The fourth-order valence-corrected chi connectivity index (χ4v) is 2.51. The van der Waals surface area contributed by atoms with Crippen LogP contribution in [0.3, 0.4) is 0 Å². The Morgan fingerprint density at radius 2 is 2.25 bits per heavy atom. The highest BCUT2D eigenvalue weighted by Gasteiger charge is 2.23. The summed E-state index contributed by atoms with van der Waals surface area (Å²) in [5.41, 5.74) is 0.691. The molecule has 0 unspecified atom stereocenters. The van der Waals surface area contributed by atoms with Gasteiger partial charge < -0.3 is 4.90 Å². The molecule has 1 saturated carbocycles. The molecule has 0 spiro atoms. The van der Waals surface area contributed by atoms with Crippen molar-refractivity contribution in [2.75, 3.05) is 11.4 Å². The van der Waals surface area contributed by atoms with Crippen LogP contribution in [0.25, 0.3) is 0 Å². The topological polar surface area (TPSA) is 39.9 Å². The van der Waals surface area contributed by atoms with Gasteiger partial charge in [0.2, 0.25) is 0 Å². The summed E-state index contributed by atoms with van der Waals surface area (Å²) in [5, 5.41) is 9.09. The van der Waals surface area contributed by atoms with E-state index in [1.54, 1.807) is 6.20 Å². The van der Waals surface area contributed by atoms with E-state index in [1.807, 2.05) is 12.1 Å². The summed E-state index contributed by atoms with van der Waals surface area (Å²) in [6.45, 7) is 3.06. The third-order valence-electron chi connectivity index (χ3n) is 3.29. The van der Waals surface area contributed by atoms with Crippen LogP contribution >= 0.6 is 0 Å². The first kappa shape index (κ1) is 10.9. The molecule has 0 N–H and O–H groups in total. The third-order valence-corrected chi connectivity index (χ3v) is 3.29. The molecule has 3 nitrogen and oxygen atoms in total. The summed E-state index contributed by atoms with van der Waals surface area (Å²) in [6.07, 6.45) is 6.84. The maximum atomic E-state index is 9.09. The summed E-state index contributed by atoms with van der Waals surface area (Å²) in [5.74, 6) is 0.861. The van der Waals surface area contributed by atoms with Gasteiger partial charge in [-0.25, -0.2) is 4.98 Å². The van der Waals surface area contributed by atoms with Gasteiger partial charge in [-0.2, -0.15) is 5.26 Å². The van der Waals surface area contributed by atoms with Crippen molar-refractivity contribution in [3.8, 4) is 6.07 Å². The standard InChI is InChI=1S/C13H17N3/c1-2-16(12-7-3-4-8-12)13-11(10-14)6-5-9-15-13/h5-6,9,12H,2-4,7-8H2,1H3. The summed E-state index contributed by atoms with van der Waals surface area (Å²) in [6, 6.07) is 6.48. The van der Waals surface area contributed by atoms with Gasteiger partial charge in [-0.1, -0.05) is 12.8 Å². The van der Waals surface area contributed by atoms with Crippen LogP contribution in [0.1, 0.15) is 38.2 Å². The average molecular weight is 215 g/mol. The predicted molar refractivity (Wildman–Crippen MR) is 64.2 cm³/mol. The Kier molecular flexibility index (Phi) is 3.40. The summed E-state index contributed by atoms with van der Waals surface area (Å²) in [7, 11) is 0. The molecule has 0 bridgehead atoms. The first-order valence-corrected chi connectivity index (χ1v) is 5.98. The second kappa shape index (κ2) is 4.98. The van der Waals surface area contributed by atoms with Crippen molar-refractivity contribution < 1.29 is 0 Å². The highest BCUT2D eigenvalue weighted by molar-refractivity contribution is 5.54. The zero-order valence-corrected chi connectivity index (χ0v) is 9.69. The third kappa shape index (κ3) is 2.01. The number of aromatic nitrogens is 1. The van der Waals surface area contributed by atoms with Gasteiger partial charge in [-0.05, 0) is 31.9 Å². The Morgan fingerprint density at radius 1 is 1.50 bits per heavy atom. The summed E-state index contributed by atoms with van der Waals surface area (Å²) >= 11 is 0. The molecule has 0 amide bonds. The lowest BCUT2D eigenvalue weighted by atomic mass is 10.2. The maximum absolute atomic E-state index is 9.09. The van der Waals surface area contributed by atoms with Crippen LogP contribution in [0.2, 0.25) is 0 Å². The van der Waals surface area contributed by atoms with Crippen LogP contribution < -0.4 is 4.90 Å². The van der Waals surface area contributed by atoms with Crippen molar-refractivity contribution in [1.82, 2.24) is 4.98 Å². The predicted octanol–water partition coefficient (Wildman–Crippen LogP) is 2.72. The number of anilines is 1. The van der Waals surface area contributed by atoms with Crippen LogP contribution in [0.5, 0.6) is 0 Å². The van der Waals surface area contributed by atoms with Crippen LogP contribution in [0.4, 0.5) is 5.82 Å². The van der Waals surface area contributed by atoms with Crippen molar-refractivity contribution in [3.05, 3.63) is 23.9 Å². The molecule has 1 fully saturated rings. The minimum atomic E-state index is 0.576. The molecular weight excluding hydrogens is 198 g/mol. The van der Waals surface area contributed by atoms with E-state index in [2.05, 4.69) is 22.9 Å². The molecule has 1 aliphatic carbocycles. The van der Waals surface area contributed by atoms with E-state index >= 15 is 0 Å². The van der Waals surface area contributed by atoms with Crippen molar-refractivity contribution in [1.29, 1.82) is 5.26 Å². The molecular formula is C13H17N3. The summed E-state index contributed by atoms with van der Waals surface area (Å²) < 4.78 is 0. The molecule has 0 saturated heterocycles. The van der Waals surface area contributed by atoms with E-state index in [0.717, 1.165) is 12.4 Å². The molecule has 1 heterocycles. The molecule has 16 heavy (non-hydrogen) atoms. The lowest BCUT2D eigenvalue weighted by Crippen LogP contribution is -2.34. The molecule has 0 aromatic carbocycles. The van der Waals surface area contributed by atoms with E-state index < -0.39 is 0 Å². The number of pyridine rings is 1. The largest absolute Gasteiger partial charge is 0.353 e. The monoisotopic (exact) mass is 215 g/mol. The Morgan fingerprint density at radius 3 is 2.88 bits per heavy atom. The molecule has 0 atom stereocenters. The van der Waals surface area contributed by atoms with Crippen molar-refractivity contribution in [2.45, 2.75) is 38.6 Å². The Hall–Kier alpha value is -1.56. The highest BCUT2D eigenvalue weighted by atomic mass is 15.2. The van der Waals surface area contributed by atoms with Crippen LogP contribution in [0.15, 0.2) is 18.3 Å². The summed E-state index contributed by atoms with van der Waals surface area (Å²) in [4.78, 5) is 6.65. The first-order chi connectivity index (χ1) is 7.86. The fraction of sp³-hybridized carbons (Fsp3) is 0.538. The quantitative estimate of drug-likeness (QED) is 0.778. The molecule has 84 valence electrons. The smallest absolute Gasteiger partial charge is 0.146 e. The lowest BCUT2D eigenvalue weighted by Gasteiger charge is -2.29. The Balaban J connectivity index is 2.29. The number of rotatable bonds is 3. The van der Waals surface area contributed by atoms with Gasteiger partial charge in [0.05, 0.1) is 5.56 Å². The van der Waals surface area contributed by atoms with Crippen LogP contribution in [-0.2, 0) is 0 Å². The Bertz CT molecular complexity index is 388. The van der Waals surface area contributed by atoms with Gasteiger partial charge in [0.1, 0.15) is 11.9 Å². The first-order valence-electron chi connectivity index (χ1n) is 5.98. The van der Waals surface area contributed by atoms with Gasteiger partial charge in [-0.15, -0.1) is 0 Å². The maximum Gasteiger partial charge on any atom is 0.146 e. The van der Waals surface area contributed by atoms with E-state index in [4.69, 9.17) is 5.26 Å². The zero-order chi connectivity index (χ0) is 11.4. The molecule has 2 rings (SSSR count). The molecule has 1 aliphatic rings. The normalized spacial score (nSPS) is 16.0. The molecule has 3 heteroatoms. The minimum absolute atomic E-state index is 0.576. The lowest BCUT2D eigenvalue weighted by molar-refractivity contribution is 0.612. The van der Waals surface area contributed by atoms with Gasteiger partial charge in [0.15, 0.2) is 0 Å². The van der Waals surface area contributed by atoms with Gasteiger partial charge in [0.25, 0.3) is 0 Å². The van der Waals surface area contributed by atoms with Crippen molar-refractivity contribution in [3.63, 3.8) is 0 Å². The highest BCUT2D eigenvalue weighted by Crippen LogP contribution is 2.28. The number of nitrogens with zero attached hydrogens (tertiary/aromatic N) is 3. The van der Waals surface area contributed by atoms with Crippen LogP contribution in [0, 0.1) is 11.3 Å². The van der Waals surface area contributed by atoms with Crippen molar-refractivity contribution in [2.24, 2.45) is 0 Å². The van der Waals surface area contributed by atoms with Crippen molar-refractivity contribution >= 4 is 5.82 Å². The van der Waals surface area contributed by atoms with E-state index in [9.17, 15) is 0 Å². The SMILES string of the molecule is CCN(c1ncccc1C#N)C1CCCC1. The van der Waals surface area contributed by atoms with E-state index in [0.29, 0.717) is 11.6 Å². The second-order valence-corrected chi connectivity index (χ2v) is 4.21. The van der Waals surface area contributed by atoms with E-state index in [-0.39, 0.29) is 0 Å². The van der Waals surface area contributed by atoms with E-state index in [1.165, 1.54) is 25.7 Å². The Labute approximate surface area is 96.7 Å².